The molecule has 1 fully saturated rings. The molecule has 0 saturated carbocycles. The van der Waals surface area contributed by atoms with Crippen LogP contribution in [0.25, 0.3) is 5.69 Å². The van der Waals surface area contributed by atoms with Gasteiger partial charge in [-0.05, 0) is 12.1 Å². The lowest BCUT2D eigenvalue weighted by molar-refractivity contribution is 0.388. The van der Waals surface area contributed by atoms with Gasteiger partial charge in [0.05, 0.1) is 22.7 Å². The van der Waals surface area contributed by atoms with Gasteiger partial charge in [-0.15, -0.1) is 10.2 Å². The van der Waals surface area contributed by atoms with Gasteiger partial charge in [0.2, 0.25) is 10.0 Å². The monoisotopic (exact) mass is 341 g/mol. The lowest BCUT2D eigenvalue weighted by atomic mass is 10.2. The van der Waals surface area contributed by atoms with E-state index in [4.69, 9.17) is 11.6 Å². The largest absolute Gasteiger partial charge is 0.366 e. The number of rotatable bonds is 3. The fraction of sp³-hybridized carbons (Fsp3) is 0.385. The fourth-order valence-electron chi connectivity index (χ4n) is 2.59. The zero-order valence-electron chi connectivity index (χ0n) is 12.1. The second kappa shape index (κ2) is 5.86. The second-order valence-electron chi connectivity index (χ2n) is 5.13. The zero-order chi connectivity index (χ0) is 15.7. The SMILES string of the molecule is CS(=O)(=O)N1CCN(c2c(Cl)cccc2-n2cnnc2)CC1. The predicted molar refractivity (Wildman–Crippen MR) is 85.0 cm³/mol. The summed E-state index contributed by atoms with van der Waals surface area (Å²) in [6, 6.07) is 5.63. The minimum Gasteiger partial charge on any atom is -0.366 e. The first-order valence-corrected chi connectivity index (χ1v) is 9.03. The first-order chi connectivity index (χ1) is 10.5. The van der Waals surface area contributed by atoms with Crippen LogP contribution in [0.1, 0.15) is 0 Å². The number of piperazine rings is 1. The van der Waals surface area contributed by atoms with Crippen molar-refractivity contribution in [3.8, 4) is 5.69 Å². The van der Waals surface area contributed by atoms with Gasteiger partial charge in [-0.1, -0.05) is 17.7 Å². The highest BCUT2D eigenvalue weighted by molar-refractivity contribution is 7.88. The van der Waals surface area contributed by atoms with Crippen LogP contribution in [0.2, 0.25) is 5.02 Å². The van der Waals surface area contributed by atoms with E-state index in [-0.39, 0.29) is 0 Å². The first-order valence-electron chi connectivity index (χ1n) is 6.80. The molecule has 1 aliphatic heterocycles. The van der Waals surface area contributed by atoms with Crippen molar-refractivity contribution >= 4 is 27.3 Å². The number of aromatic nitrogens is 3. The lowest BCUT2D eigenvalue weighted by Crippen LogP contribution is -2.48. The molecule has 22 heavy (non-hydrogen) atoms. The average molecular weight is 342 g/mol. The van der Waals surface area contributed by atoms with Crippen LogP contribution in [0.4, 0.5) is 5.69 Å². The van der Waals surface area contributed by atoms with E-state index >= 15 is 0 Å². The van der Waals surface area contributed by atoms with Gasteiger partial charge in [0.15, 0.2) is 0 Å². The molecule has 7 nitrogen and oxygen atoms in total. The van der Waals surface area contributed by atoms with Crippen molar-refractivity contribution in [2.75, 3.05) is 37.3 Å². The van der Waals surface area contributed by atoms with Gasteiger partial charge in [-0.2, -0.15) is 4.31 Å². The molecule has 3 rings (SSSR count). The Morgan fingerprint density at radius 1 is 1.09 bits per heavy atom. The van der Waals surface area contributed by atoms with E-state index in [0.29, 0.717) is 31.2 Å². The highest BCUT2D eigenvalue weighted by atomic mass is 35.5. The van der Waals surface area contributed by atoms with Crippen LogP contribution in [-0.4, -0.2) is 59.9 Å². The molecule has 118 valence electrons. The summed E-state index contributed by atoms with van der Waals surface area (Å²) >= 11 is 6.38. The Balaban J connectivity index is 1.90. The van der Waals surface area contributed by atoms with E-state index < -0.39 is 10.0 Å². The molecule has 2 heterocycles. The number of hydrogen-bond acceptors (Lipinski definition) is 5. The van der Waals surface area contributed by atoms with Crippen molar-refractivity contribution in [2.45, 2.75) is 0 Å². The Morgan fingerprint density at radius 3 is 2.32 bits per heavy atom. The van der Waals surface area contributed by atoms with Crippen LogP contribution in [0.3, 0.4) is 0 Å². The second-order valence-corrected chi connectivity index (χ2v) is 7.52. The molecule has 0 spiro atoms. The van der Waals surface area contributed by atoms with Crippen LogP contribution in [0.15, 0.2) is 30.9 Å². The number of nitrogens with zero attached hydrogens (tertiary/aromatic N) is 5. The molecule has 1 aromatic carbocycles. The summed E-state index contributed by atoms with van der Waals surface area (Å²) in [5.41, 5.74) is 1.75. The highest BCUT2D eigenvalue weighted by Crippen LogP contribution is 2.33. The maximum atomic E-state index is 11.6. The van der Waals surface area contributed by atoms with Gasteiger partial charge in [-0.3, -0.25) is 4.57 Å². The van der Waals surface area contributed by atoms with Gasteiger partial charge in [-0.25, -0.2) is 8.42 Å². The van der Waals surface area contributed by atoms with Crippen LogP contribution >= 0.6 is 11.6 Å². The summed E-state index contributed by atoms with van der Waals surface area (Å²) in [5.74, 6) is 0. The number of sulfonamides is 1. The van der Waals surface area contributed by atoms with Crippen LogP contribution in [0.5, 0.6) is 0 Å². The molecule has 0 atom stereocenters. The number of hydrogen-bond donors (Lipinski definition) is 0. The van der Waals surface area contributed by atoms with Gasteiger partial charge in [0.25, 0.3) is 0 Å². The number of benzene rings is 1. The number of para-hydroxylation sites is 1. The average Bonchev–Trinajstić information content (AvgIpc) is 3.00. The van der Waals surface area contributed by atoms with Gasteiger partial charge in [0.1, 0.15) is 12.7 Å². The first kappa shape index (κ1) is 15.3. The molecule has 2 aromatic rings. The van der Waals surface area contributed by atoms with Crippen molar-refractivity contribution in [3.05, 3.63) is 35.9 Å². The molecular formula is C13H16ClN5O2S. The normalized spacial score (nSPS) is 16.9. The number of anilines is 1. The molecule has 0 N–H and O–H groups in total. The minimum absolute atomic E-state index is 0.450. The quantitative estimate of drug-likeness (QED) is 0.833. The van der Waals surface area contributed by atoms with Crippen molar-refractivity contribution in [2.24, 2.45) is 0 Å². The standard InChI is InChI=1S/C13H16ClN5O2S/c1-22(20,21)19-7-5-17(6-8-19)13-11(14)3-2-4-12(13)18-9-15-16-10-18/h2-4,9-10H,5-8H2,1H3. The van der Waals surface area contributed by atoms with Gasteiger partial charge in [0, 0.05) is 26.2 Å². The Kier molecular flexibility index (Phi) is 4.07. The van der Waals surface area contributed by atoms with E-state index in [2.05, 4.69) is 15.1 Å². The summed E-state index contributed by atoms with van der Waals surface area (Å²) in [6.45, 7) is 2.08. The molecule has 1 aromatic heterocycles. The lowest BCUT2D eigenvalue weighted by Gasteiger charge is -2.36. The Labute approximate surface area is 134 Å². The molecular weight excluding hydrogens is 326 g/mol. The van der Waals surface area contributed by atoms with Crippen molar-refractivity contribution in [1.29, 1.82) is 0 Å². The molecule has 1 aliphatic rings. The molecule has 1 saturated heterocycles. The third-order valence-corrected chi connectivity index (χ3v) is 5.29. The summed E-state index contributed by atoms with van der Waals surface area (Å²) in [6.07, 6.45) is 4.46. The van der Waals surface area contributed by atoms with Crippen LogP contribution in [0, 0.1) is 0 Å². The molecule has 0 aliphatic carbocycles. The molecule has 0 unspecified atom stereocenters. The summed E-state index contributed by atoms with van der Waals surface area (Å²) in [4.78, 5) is 2.10. The smallest absolute Gasteiger partial charge is 0.211 e. The maximum absolute atomic E-state index is 11.6. The van der Waals surface area contributed by atoms with E-state index in [1.165, 1.54) is 10.6 Å². The summed E-state index contributed by atoms with van der Waals surface area (Å²) in [5, 5.41) is 8.27. The topological polar surface area (TPSA) is 71.3 Å². The van der Waals surface area contributed by atoms with Crippen molar-refractivity contribution < 1.29 is 8.42 Å². The van der Waals surface area contributed by atoms with Crippen LogP contribution < -0.4 is 4.90 Å². The molecule has 0 bridgehead atoms. The Morgan fingerprint density at radius 2 is 1.73 bits per heavy atom. The summed E-state index contributed by atoms with van der Waals surface area (Å²) in [7, 11) is -3.15. The third-order valence-electron chi connectivity index (χ3n) is 3.69. The maximum Gasteiger partial charge on any atom is 0.211 e. The minimum atomic E-state index is -3.15. The predicted octanol–water partition coefficient (Wildman–Crippen LogP) is 1.00. The molecule has 0 radical (unpaired) electrons. The summed E-state index contributed by atoms with van der Waals surface area (Å²) < 4.78 is 26.5. The van der Waals surface area contributed by atoms with Crippen LogP contribution in [-0.2, 0) is 10.0 Å². The van der Waals surface area contributed by atoms with Crippen molar-refractivity contribution in [1.82, 2.24) is 19.1 Å². The van der Waals surface area contributed by atoms with Gasteiger partial charge >= 0.3 is 0 Å². The Hall–Kier alpha value is -1.64. The van der Waals surface area contributed by atoms with E-state index in [1.54, 1.807) is 17.2 Å². The zero-order valence-corrected chi connectivity index (χ0v) is 13.6. The molecule has 9 heteroatoms. The third kappa shape index (κ3) is 2.94. The van der Waals surface area contributed by atoms with E-state index in [1.807, 2.05) is 18.2 Å². The Bertz CT molecular complexity index is 755. The van der Waals surface area contributed by atoms with Crippen molar-refractivity contribution in [3.63, 3.8) is 0 Å². The van der Waals surface area contributed by atoms with E-state index in [9.17, 15) is 8.42 Å². The molecule has 0 amide bonds. The van der Waals surface area contributed by atoms with Gasteiger partial charge < -0.3 is 4.90 Å². The van der Waals surface area contributed by atoms with E-state index in [0.717, 1.165) is 11.4 Å². The number of halogens is 1. The highest BCUT2D eigenvalue weighted by Gasteiger charge is 2.26. The fourth-order valence-corrected chi connectivity index (χ4v) is 3.71.